The van der Waals surface area contributed by atoms with Crippen LogP contribution < -0.4 is 10.6 Å². The third-order valence-corrected chi connectivity index (χ3v) is 3.24. The predicted octanol–water partition coefficient (Wildman–Crippen LogP) is 3.78. The molecule has 0 aliphatic carbocycles. The van der Waals surface area contributed by atoms with Crippen LogP contribution in [-0.4, -0.2) is 25.8 Å². The summed E-state index contributed by atoms with van der Waals surface area (Å²) in [5, 5.41) is 7.94. The lowest BCUT2D eigenvalue weighted by molar-refractivity contribution is 0.143. The van der Waals surface area contributed by atoms with E-state index in [1.165, 1.54) is 0 Å². The first-order valence-electron chi connectivity index (χ1n) is 7.41. The fraction of sp³-hybridized carbons (Fsp3) is 0.353. The molecule has 4 heteroatoms. The lowest BCUT2D eigenvalue weighted by atomic mass is 10.1. The highest BCUT2D eigenvalue weighted by molar-refractivity contribution is 6.01. The largest absolute Gasteiger partial charge is 0.382 e. The average Bonchev–Trinajstić information content (AvgIpc) is 2.51. The van der Waals surface area contributed by atoms with Gasteiger partial charge in [0.05, 0.1) is 5.69 Å². The van der Waals surface area contributed by atoms with Crippen LogP contribution in [0.3, 0.4) is 0 Å². The molecule has 0 radical (unpaired) electrons. The zero-order valence-electron chi connectivity index (χ0n) is 12.4. The summed E-state index contributed by atoms with van der Waals surface area (Å²) in [6, 6.07) is 13.7. The van der Waals surface area contributed by atoms with Crippen molar-refractivity contribution in [3.63, 3.8) is 0 Å². The van der Waals surface area contributed by atoms with E-state index in [9.17, 15) is 4.79 Å². The minimum atomic E-state index is -0.164. The molecule has 2 aromatic carbocycles. The first kappa shape index (κ1) is 15.3. The standard InChI is InChI=1S/C17H22N2O2/c1-2-21-13-6-5-12-18-17(20)19-16-11-7-9-14-8-3-4-10-15(14)16/h3-4,7-11H,2,5-6,12-13H2,1H3,(H2,18,19,20). The number of nitrogens with one attached hydrogen (secondary N) is 2. The molecular weight excluding hydrogens is 264 g/mol. The number of rotatable bonds is 7. The molecule has 0 heterocycles. The second-order valence-electron chi connectivity index (χ2n) is 4.81. The van der Waals surface area contributed by atoms with Crippen LogP contribution in [0.5, 0.6) is 0 Å². The topological polar surface area (TPSA) is 50.4 Å². The number of carbonyl (C=O) groups is 1. The molecule has 2 aromatic rings. The molecule has 0 aliphatic rings. The highest BCUT2D eigenvalue weighted by atomic mass is 16.5. The quantitative estimate of drug-likeness (QED) is 0.761. The van der Waals surface area contributed by atoms with E-state index in [1.807, 2.05) is 49.4 Å². The summed E-state index contributed by atoms with van der Waals surface area (Å²) in [7, 11) is 0. The number of unbranched alkanes of at least 4 members (excludes halogenated alkanes) is 1. The van der Waals surface area contributed by atoms with Crippen LogP contribution in [0.1, 0.15) is 19.8 Å². The Morgan fingerprint density at radius 3 is 2.76 bits per heavy atom. The maximum absolute atomic E-state index is 11.9. The molecule has 2 rings (SSSR count). The summed E-state index contributed by atoms with van der Waals surface area (Å²) >= 11 is 0. The van der Waals surface area contributed by atoms with Gasteiger partial charge < -0.3 is 15.4 Å². The monoisotopic (exact) mass is 286 g/mol. The van der Waals surface area contributed by atoms with Gasteiger partial charge in [-0.1, -0.05) is 36.4 Å². The number of fused-ring (bicyclic) bond motifs is 1. The normalized spacial score (nSPS) is 10.5. The molecule has 0 atom stereocenters. The second kappa shape index (κ2) is 8.27. The van der Waals surface area contributed by atoms with Gasteiger partial charge >= 0.3 is 6.03 Å². The highest BCUT2D eigenvalue weighted by Crippen LogP contribution is 2.22. The SMILES string of the molecule is CCOCCCCNC(=O)Nc1cccc2ccccc12. The Kier molecular flexibility index (Phi) is 6.03. The van der Waals surface area contributed by atoms with E-state index in [4.69, 9.17) is 4.74 Å². The lowest BCUT2D eigenvalue weighted by Gasteiger charge is -2.10. The molecular formula is C17H22N2O2. The molecule has 0 aromatic heterocycles. The van der Waals surface area contributed by atoms with Gasteiger partial charge in [0.15, 0.2) is 0 Å². The van der Waals surface area contributed by atoms with Crippen molar-refractivity contribution in [2.75, 3.05) is 25.1 Å². The van der Waals surface area contributed by atoms with E-state index in [2.05, 4.69) is 10.6 Å². The summed E-state index contributed by atoms with van der Waals surface area (Å²) in [6.45, 7) is 4.14. The maximum Gasteiger partial charge on any atom is 0.319 e. The van der Waals surface area contributed by atoms with Crippen molar-refractivity contribution in [2.45, 2.75) is 19.8 Å². The lowest BCUT2D eigenvalue weighted by Crippen LogP contribution is -2.29. The van der Waals surface area contributed by atoms with Crippen molar-refractivity contribution >= 4 is 22.5 Å². The van der Waals surface area contributed by atoms with E-state index in [0.717, 1.165) is 42.5 Å². The molecule has 0 spiro atoms. The van der Waals surface area contributed by atoms with Crippen molar-refractivity contribution in [2.24, 2.45) is 0 Å². The second-order valence-corrected chi connectivity index (χ2v) is 4.81. The third kappa shape index (κ3) is 4.76. The van der Waals surface area contributed by atoms with Crippen LogP contribution in [-0.2, 0) is 4.74 Å². The Labute approximate surface area is 125 Å². The van der Waals surface area contributed by atoms with Crippen LogP contribution in [0.4, 0.5) is 10.5 Å². The van der Waals surface area contributed by atoms with E-state index >= 15 is 0 Å². The van der Waals surface area contributed by atoms with E-state index in [1.54, 1.807) is 0 Å². The van der Waals surface area contributed by atoms with Crippen molar-refractivity contribution in [3.05, 3.63) is 42.5 Å². The smallest absolute Gasteiger partial charge is 0.319 e. The van der Waals surface area contributed by atoms with Crippen molar-refractivity contribution < 1.29 is 9.53 Å². The molecule has 0 saturated heterocycles. The molecule has 4 nitrogen and oxygen atoms in total. The number of ether oxygens (including phenoxy) is 1. The fourth-order valence-electron chi connectivity index (χ4n) is 2.18. The highest BCUT2D eigenvalue weighted by Gasteiger charge is 2.04. The van der Waals surface area contributed by atoms with Gasteiger partial charge in [-0.05, 0) is 31.2 Å². The summed E-state index contributed by atoms with van der Waals surface area (Å²) in [6.07, 6.45) is 1.88. The summed E-state index contributed by atoms with van der Waals surface area (Å²) in [5.74, 6) is 0. The van der Waals surface area contributed by atoms with Crippen molar-refractivity contribution in [3.8, 4) is 0 Å². The van der Waals surface area contributed by atoms with Crippen molar-refractivity contribution in [1.82, 2.24) is 5.32 Å². The van der Waals surface area contributed by atoms with Gasteiger partial charge in [0.1, 0.15) is 0 Å². The number of carbonyl (C=O) groups excluding carboxylic acids is 1. The van der Waals surface area contributed by atoms with Gasteiger partial charge in [0.2, 0.25) is 0 Å². The zero-order chi connectivity index (χ0) is 14.9. The summed E-state index contributed by atoms with van der Waals surface area (Å²) in [5.41, 5.74) is 0.833. The van der Waals surface area contributed by atoms with Crippen LogP contribution in [0.2, 0.25) is 0 Å². The minimum absolute atomic E-state index is 0.164. The number of amides is 2. The van der Waals surface area contributed by atoms with Gasteiger partial charge in [-0.2, -0.15) is 0 Å². The van der Waals surface area contributed by atoms with Gasteiger partial charge in [-0.15, -0.1) is 0 Å². The molecule has 0 aliphatic heterocycles. The van der Waals surface area contributed by atoms with Gasteiger partial charge in [-0.3, -0.25) is 0 Å². The van der Waals surface area contributed by atoms with Gasteiger partial charge in [0, 0.05) is 25.1 Å². The van der Waals surface area contributed by atoms with Crippen LogP contribution in [0.15, 0.2) is 42.5 Å². The Balaban J connectivity index is 1.82. The molecule has 2 N–H and O–H groups in total. The van der Waals surface area contributed by atoms with E-state index < -0.39 is 0 Å². The average molecular weight is 286 g/mol. The first-order chi connectivity index (χ1) is 10.3. The minimum Gasteiger partial charge on any atom is -0.382 e. The summed E-state index contributed by atoms with van der Waals surface area (Å²) < 4.78 is 5.26. The molecule has 112 valence electrons. The molecule has 21 heavy (non-hydrogen) atoms. The maximum atomic E-state index is 11.9. The molecule has 0 saturated carbocycles. The molecule has 0 fully saturated rings. The fourth-order valence-corrected chi connectivity index (χ4v) is 2.18. The number of benzene rings is 2. The van der Waals surface area contributed by atoms with Crippen molar-refractivity contribution in [1.29, 1.82) is 0 Å². The van der Waals surface area contributed by atoms with Crippen LogP contribution in [0.25, 0.3) is 10.8 Å². The van der Waals surface area contributed by atoms with Crippen LogP contribution >= 0.6 is 0 Å². The Hall–Kier alpha value is -2.07. The predicted molar refractivity (Wildman–Crippen MR) is 86.7 cm³/mol. The number of anilines is 1. The molecule has 0 unspecified atom stereocenters. The number of hydrogen-bond acceptors (Lipinski definition) is 2. The zero-order valence-corrected chi connectivity index (χ0v) is 12.4. The van der Waals surface area contributed by atoms with E-state index in [-0.39, 0.29) is 6.03 Å². The van der Waals surface area contributed by atoms with Crippen LogP contribution in [0, 0.1) is 0 Å². The number of urea groups is 1. The third-order valence-electron chi connectivity index (χ3n) is 3.24. The molecule has 2 amide bonds. The number of hydrogen-bond donors (Lipinski definition) is 2. The van der Waals surface area contributed by atoms with Gasteiger partial charge in [0.25, 0.3) is 0 Å². The first-order valence-corrected chi connectivity index (χ1v) is 7.41. The Morgan fingerprint density at radius 1 is 1.10 bits per heavy atom. The van der Waals surface area contributed by atoms with E-state index in [0.29, 0.717) is 6.54 Å². The Morgan fingerprint density at radius 2 is 1.90 bits per heavy atom. The summed E-state index contributed by atoms with van der Waals surface area (Å²) in [4.78, 5) is 11.9. The Bertz CT molecular complexity index is 579. The van der Waals surface area contributed by atoms with Gasteiger partial charge in [-0.25, -0.2) is 4.79 Å². The molecule has 0 bridgehead atoms.